The van der Waals surface area contributed by atoms with Crippen LogP contribution in [0.3, 0.4) is 0 Å². The highest BCUT2D eigenvalue weighted by molar-refractivity contribution is 4.65. The Balaban J connectivity index is 2.02. The van der Waals surface area contributed by atoms with Crippen molar-refractivity contribution >= 4 is 0 Å². The standard InChI is InChI=1S/C11H22O3/c1-3-9(2)11(12)8-13-7-10-5-4-6-14-10/h9-12H,3-8H2,1-2H3. The molecule has 0 radical (unpaired) electrons. The quantitative estimate of drug-likeness (QED) is 0.711. The van der Waals surface area contributed by atoms with E-state index in [4.69, 9.17) is 9.47 Å². The van der Waals surface area contributed by atoms with Crippen LogP contribution in [0.1, 0.15) is 33.1 Å². The van der Waals surface area contributed by atoms with Gasteiger partial charge in [0.15, 0.2) is 0 Å². The Bertz CT molecular complexity index is 143. The molecule has 1 N–H and O–H groups in total. The lowest BCUT2D eigenvalue weighted by atomic mass is 10.0. The minimum absolute atomic E-state index is 0.263. The number of aliphatic hydroxyl groups excluding tert-OH is 1. The van der Waals surface area contributed by atoms with Crippen LogP contribution >= 0.6 is 0 Å². The highest BCUT2D eigenvalue weighted by Gasteiger charge is 2.17. The Morgan fingerprint density at radius 1 is 1.57 bits per heavy atom. The van der Waals surface area contributed by atoms with E-state index in [1.54, 1.807) is 0 Å². The minimum atomic E-state index is -0.332. The van der Waals surface area contributed by atoms with Crippen molar-refractivity contribution in [2.75, 3.05) is 19.8 Å². The van der Waals surface area contributed by atoms with E-state index in [0.717, 1.165) is 25.9 Å². The van der Waals surface area contributed by atoms with Gasteiger partial charge in [-0.25, -0.2) is 0 Å². The van der Waals surface area contributed by atoms with Crippen molar-refractivity contribution in [1.29, 1.82) is 0 Å². The lowest BCUT2D eigenvalue weighted by Gasteiger charge is -2.18. The van der Waals surface area contributed by atoms with Crippen molar-refractivity contribution in [3.63, 3.8) is 0 Å². The summed E-state index contributed by atoms with van der Waals surface area (Å²) in [6, 6.07) is 0. The maximum absolute atomic E-state index is 9.63. The van der Waals surface area contributed by atoms with E-state index in [-0.39, 0.29) is 12.2 Å². The molecular weight excluding hydrogens is 180 g/mol. The van der Waals surface area contributed by atoms with E-state index in [0.29, 0.717) is 19.1 Å². The summed E-state index contributed by atoms with van der Waals surface area (Å²) in [5.41, 5.74) is 0. The Kier molecular flexibility index (Phi) is 5.45. The molecule has 1 aliphatic rings. The van der Waals surface area contributed by atoms with Crippen LogP contribution in [0, 0.1) is 5.92 Å². The van der Waals surface area contributed by atoms with E-state index in [2.05, 4.69) is 6.92 Å². The highest BCUT2D eigenvalue weighted by atomic mass is 16.5. The van der Waals surface area contributed by atoms with Crippen molar-refractivity contribution in [3.8, 4) is 0 Å². The van der Waals surface area contributed by atoms with Crippen molar-refractivity contribution in [1.82, 2.24) is 0 Å². The molecule has 0 aromatic rings. The molecule has 0 aliphatic carbocycles. The molecule has 1 rings (SSSR count). The summed E-state index contributed by atoms with van der Waals surface area (Å²) in [5.74, 6) is 0.319. The fourth-order valence-electron chi connectivity index (χ4n) is 1.53. The molecular formula is C11H22O3. The zero-order valence-electron chi connectivity index (χ0n) is 9.24. The molecule has 14 heavy (non-hydrogen) atoms. The van der Waals surface area contributed by atoms with Crippen LogP contribution in [-0.2, 0) is 9.47 Å². The molecule has 0 spiro atoms. The number of hydrogen-bond donors (Lipinski definition) is 1. The molecule has 1 fully saturated rings. The van der Waals surface area contributed by atoms with Crippen LogP contribution in [0.5, 0.6) is 0 Å². The molecule has 0 bridgehead atoms. The molecule has 0 aromatic carbocycles. The van der Waals surface area contributed by atoms with E-state index in [1.165, 1.54) is 0 Å². The van der Waals surface area contributed by atoms with Crippen LogP contribution in [0.15, 0.2) is 0 Å². The largest absolute Gasteiger partial charge is 0.390 e. The van der Waals surface area contributed by atoms with E-state index < -0.39 is 0 Å². The van der Waals surface area contributed by atoms with Gasteiger partial charge in [-0.05, 0) is 18.8 Å². The fourth-order valence-corrected chi connectivity index (χ4v) is 1.53. The second-order valence-electron chi connectivity index (χ2n) is 4.13. The maximum atomic E-state index is 9.63. The summed E-state index contributed by atoms with van der Waals surface area (Å²) in [7, 11) is 0. The smallest absolute Gasteiger partial charge is 0.0809 e. The lowest BCUT2D eigenvalue weighted by Crippen LogP contribution is -2.25. The SMILES string of the molecule is CCC(C)C(O)COCC1CCCO1. The molecule has 1 saturated heterocycles. The van der Waals surface area contributed by atoms with Crippen LogP contribution < -0.4 is 0 Å². The monoisotopic (exact) mass is 202 g/mol. The molecule has 3 atom stereocenters. The third kappa shape index (κ3) is 3.95. The molecule has 0 saturated carbocycles. The average Bonchev–Trinajstić information content (AvgIpc) is 2.69. The topological polar surface area (TPSA) is 38.7 Å². The molecule has 1 heterocycles. The second kappa shape index (κ2) is 6.38. The minimum Gasteiger partial charge on any atom is -0.390 e. The molecule has 1 aliphatic heterocycles. The Morgan fingerprint density at radius 2 is 2.36 bits per heavy atom. The summed E-state index contributed by atoms with van der Waals surface area (Å²) in [4.78, 5) is 0. The summed E-state index contributed by atoms with van der Waals surface area (Å²) < 4.78 is 10.8. The van der Waals surface area contributed by atoms with Crippen LogP contribution in [0.2, 0.25) is 0 Å². The third-order valence-corrected chi connectivity index (χ3v) is 2.92. The first-order chi connectivity index (χ1) is 6.74. The van der Waals surface area contributed by atoms with Gasteiger partial charge in [0.2, 0.25) is 0 Å². The van der Waals surface area contributed by atoms with Crippen molar-refractivity contribution in [2.45, 2.75) is 45.3 Å². The lowest BCUT2D eigenvalue weighted by molar-refractivity contribution is -0.0311. The maximum Gasteiger partial charge on any atom is 0.0809 e. The van der Waals surface area contributed by atoms with Gasteiger partial charge >= 0.3 is 0 Å². The van der Waals surface area contributed by atoms with Crippen LogP contribution in [-0.4, -0.2) is 37.1 Å². The predicted octanol–water partition coefficient (Wildman–Crippen LogP) is 1.59. The zero-order chi connectivity index (χ0) is 10.4. The summed E-state index contributed by atoms with van der Waals surface area (Å²) >= 11 is 0. The van der Waals surface area contributed by atoms with Gasteiger partial charge in [0.25, 0.3) is 0 Å². The van der Waals surface area contributed by atoms with E-state index >= 15 is 0 Å². The predicted molar refractivity (Wildman–Crippen MR) is 55.3 cm³/mol. The van der Waals surface area contributed by atoms with Gasteiger partial charge in [-0.2, -0.15) is 0 Å². The summed E-state index contributed by atoms with van der Waals surface area (Å²) in [6.07, 6.45) is 3.16. The third-order valence-electron chi connectivity index (χ3n) is 2.92. The number of hydrogen-bond acceptors (Lipinski definition) is 3. The summed E-state index contributed by atoms with van der Waals surface area (Å²) in [5, 5.41) is 9.63. The fraction of sp³-hybridized carbons (Fsp3) is 1.00. The molecule has 3 heteroatoms. The van der Waals surface area contributed by atoms with Gasteiger partial charge in [0.05, 0.1) is 25.4 Å². The Hall–Kier alpha value is -0.120. The number of rotatable bonds is 6. The molecule has 3 nitrogen and oxygen atoms in total. The van der Waals surface area contributed by atoms with Crippen LogP contribution in [0.4, 0.5) is 0 Å². The molecule has 0 aromatic heterocycles. The Labute approximate surface area is 86.4 Å². The van der Waals surface area contributed by atoms with Crippen LogP contribution in [0.25, 0.3) is 0 Å². The van der Waals surface area contributed by atoms with E-state index in [1.807, 2.05) is 6.92 Å². The molecule has 0 amide bonds. The molecule has 3 unspecified atom stereocenters. The zero-order valence-corrected chi connectivity index (χ0v) is 9.24. The number of ether oxygens (including phenoxy) is 2. The Morgan fingerprint density at radius 3 is 2.93 bits per heavy atom. The summed E-state index contributed by atoms with van der Waals surface area (Å²) in [6.45, 7) is 6.05. The first kappa shape index (κ1) is 12.0. The number of aliphatic hydroxyl groups is 1. The molecule has 84 valence electrons. The van der Waals surface area contributed by atoms with Gasteiger partial charge in [-0.3, -0.25) is 0 Å². The van der Waals surface area contributed by atoms with Gasteiger partial charge in [-0.15, -0.1) is 0 Å². The van der Waals surface area contributed by atoms with Gasteiger partial charge in [0, 0.05) is 6.61 Å². The van der Waals surface area contributed by atoms with E-state index in [9.17, 15) is 5.11 Å². The average molecular weight is 202 g/mol. The van der Waals surface area contributed by atoms with Gasteiger partial charge in [-0.1, -0.05) is 20.3 Å². The van der Waals surface area contributed by atoms with Gasteiger partial charge in [0.1, 0.15) is 0 Å². The van der Waals surface area contributed by atoms with Crippen molar-refractivity contribution in [2.24, 2.45) is 5.92 Å². The first-order valence-corrected chi connectivity index (χ1v) is 5.61. The normalized spacial score (nSPS) is 26.4. The van der Waals surface area contributed by atoms with Gasteiger partial charge < -0.3 is 14.6 Å². The highest BCUT2D eigenvalue weighted by Crippen LogP contribution is 2.13. The first-order valence-electron chi connectivity index (χ1n) is 5.61. The second-order valence-corrected chi connectivity index (χ2v) is 4.13. The van der Waals surface area contributed by atoms with Crippen molar-refractivity contribution < 1.29 is 14.6 Å². The van der Waals surface area contributed by atoms with Crippen molar-refractivity contribution in [3.05, 3.63) is 0 Å².